The van der Waals surface area contributed by atoms with E-state index in [0.29, 0.717) is 0 Å². The average Bonchev–Trinajstić information content (AvgIpc) is 2.61. The monoisotopic (exact) mass is 246 g/mol. The molecule has 0 aliphatic heterocycles. The van der Waals surface area contributed by atoms with E-state index in [9.17, 15) is 0 Å². The van der Waals surface area contributed by atoms with Crippen molar-refractivity contribution >= 4 is 10.9 Å². The van der Waals surface area contributed by atoms with Crippen molar-refractivity contribution in [3.8, 4) is 0 Å². The molecule has 98 valence electrons. The standard InChI is InChI=1S/C15H22N2O/c1-11-12(2)17(7-8-18-4)15-6-5-13(10-16-3)9-14(11)15/h5-6,9,16H,7-8,10H2,1-4H3. The summed E-state index contributed by atoms with van der Waals surface area (Å²) < 4.78 is 7.53. The van der Waals surface area contributed by atoms with Gasteiger partial charge >= 0.3 is 0 Å². The van der Waals surface area contributed by atoms with Gasteiger partial charge in [0.15, 0.2) is 0 Å². The third-order valence-electron chi connectivity index (χ3n) is 3.60. The van der Waals surface area contributed by atoms with Gasteiger partial charge in [0.05, 0.1) is 6.61 Å². The lowest BCUT2D eigenvalue weighted by Crippen LogP contribution is -2.06. The van der Waals surface area contributed by atoms with E-state index < -0.39 is 0 Å². The fraction of sp³-hybridized carbons (Fsp3) is 0.467. The molecule has 1 N–H and O–H groups in total. The van der Waals surface area contributed by atoms with E-state index in [1.54, 1.807) is 7.11 Å². The van der Waals surface area contributed by atoms with Crippen LogP contribution in [0.15, 0.2) is 18.2 Å². The molecule has 0 aliphatic rings. The second-order valence-corrected chi connectivity index (χ2v) is 4.74. The summed E-state index contributed by atoms with van der Waals surface area (Å²) in [5, 5.41) is 4.55. The van der Waals surface area contributed by atoms with Gasteiger partial charge in [-0.3, -0.25) is 0 Å². The van der Waals surface area contributed by atoms with Crippen LogP contribution in [0.5, 0.6) is 0 Å². The molecule has 0 unspecified atom stereocenters. The molecule has 0 spiro atoms. The van der Waals surface area contributed by atoms with Gasteiger partial charge in [0.2, 0.25) is 0 Å². The minimum atomic E-state index is 0.752. The first-order valence-electron chi connectivity index (χ1n) is 6.41. The number of aromatic nitrogens is 1. The quantitative estimate of drug-likeness (QED) is 0.877. The molecular formula is C15H22N2O. The molecule has 2 rings (SSSR count). The first-order chi connectivity index (χ1) is 8.69. The van der Waals surface area contributed by atoms with Gasteiger partial charge in [0.25, 0.3) is 0 Å². The smallest absolute Gasteiger partial charge is 0.0642 e. The number of nitrogens with zero attached hydrogens (tertiary/aromatic N) is 1. The number of nitrogens with one attached hydrogen (secondary N) is 1. The predicted molar refractivity (Wildman–Crippen MR) is 76.1 cm³/mol. The molecule has 0 bridgehead atoms. The van der Waals surface area contributed by atoms with Crippen molar-refractivity contribution in [2.45, 2.75) is 26.9 Å². The van der Waals surface area contributed by atoms with Crippen LogP contribution >= 0.6 is 0 Å². The molecular weight excluding hydrogens is 224 g/mol. The van der Waals surface area contributed by atoms with Crippen molar-refractivity contribution in [2.75, 3.05) is 20.8 Å². The second-order valence-electron chi connectivity index (χ2n) is 4.74. The molecule has 1 heterocycles. The van der Waals surface area contributed by atoms with Gasteiger partial charge < -0.3 is 14.6 Å². The highest BCUT2D eigenvalue weighted by Gasteiger charge is 2.10. The zero-order chi connectivity index (χ0) is 13.1. The zero-order valence-electron chi connectivity index (χ0n) is 11.7. The van der Waals surface area contributed by atoms with Crippen molar-refractivity contribution in [3.05, 3.63) is 35.0 Å². The summed E-state index contributed by atoms with van der Waals surface area (Å²) >= 11 is 0. The van der Waals surface area contributed by atoms with Gasteiger partial charge in [0, 0.05) is 36.8 Å². The lowest BCUT2D eigenvalue weighted by Gasteiger charge is -2.08. The van der Waals surface area contributed by atoms with E-state index in [4.69, 9.17) is 4.74 Å². The number of ether oxygens (including phenoxy) is 1. The Kier molecular flexibility index (Phi) is 4.04. The van der Waals surface area contributed by atoms with Gasteiger partial charge in [-0.25, -0.2) is 0 Å². The highest BCUT2D eigenvalue weighted by Crippen LogP contribution is 2.26. The molecule has 3 nitrogen and oxygen atoms in total. The van der Waals surface area contributed by atoms with Crippen LogP contribution in [-0.2, 0) is 17.8 Å². The fourth-order valence-electron chi connectivity index (χ4n) is 2.48. The molecule has 1 aromatic carbocycles. The number of aryl methyl sites for hydroxylation is 1. The Bertz CT molecular complexity index is 543. The molecule has 1 aromatic heterocycles. The Morgan fingerprint density at radius 3 is 2.72 bits per heavy atom. The third kappa shape index (κ3) is 2.28. The Hall–Kier alpha value is -1.32. The SMILES string of the molecule is CNCc1ccc2c(c1)c(C)c(C)n2CCOC. The van der Waals surface area contributed by atoms with Crippen molar-refractivity contribution in [1.82, 2.24) is 9.88 Å². The molecule has 0 fully saturated rings. The Morgan fingerprint density at radius 2 is 2.06 bits per heavy atom. The first-order valence-corrected chi connectivity index (χ1v) is 6.41. The largest absolute Gasteiger partial charge is 0.383 e. The van der Waals surface area contributed by atoms with Gasteiger partial charge in [0.1, 0.15) is 0 Å². The maximum atomic E-state index is 5.19. The summed E-state index contributed by atoms with van der Waals surface area (Å²) in [7, 11) is 3.73. The molecule has 0 aliphatic carbocycles. The minimum Gasteiger partial charge on any atom is -0.383 e. The number of rotatable bonds is 5. The minimum absolute atomic E-state index is 0.752. The topological polar surface area (TPSA) is 26.2 Å². The maximum absolute atomic E-state index is 5.19. The summed E-state index contributed by atoms with van der Waals surface area (Å²) in [5.74, 6) is 0. The van der Waals surface area contributed by atoms with E-state index in [1.165, 1.54) is 27.7 Å². The molecule has 0 saturated carbocycles. The van der Waals surface area contributed by atoms with E-state index >= 15 is 0 Å². The maximum Gasteiger partial charge on any atom is 0.0642 e. The lowest BCUT2D eigenvalue weighted by molar-refractivity contribution is 0.188. The lowest BCUT2D eigenvalue weighted by atomic mass is 10.1. The summed E-state index contributed by atoms with van der Waals surface area (Å²) in [6.45, 7) is 6.96. The predicted octanol–water partition coefficient (Wildman–Crippen LogP) is 2.62. The summed E-state index contributed by atoms with van der Waals surface area (Å²) in [4.78, 5) is 0. The normalized spacial score (nSPS) is 11.3. The van der Waals surface area contributed by atoms with Crippen molar-refractivity contribution < 1.29 is 4.74 Å². The van der Waals surface area contributed by atoms with Crippen molar-refractivity contribution in [1.29, 1.82) is 0 Å². The number of benzene rings is 1. The van der Waals surface area contributed by atoms with Crippen molar-refractivity contribution in [3.63, 3.8) is 0 Å². The third-order valence-corrected chi connectivity index (χ3v) is 3.60. The van der Waals surface area contributed by atoms with E-state index in [1.807, 2.05) is 7.05 Å². The highest BCUT2D eigenvalue weighted by molar-refractivity contribution is 5.86. The average molecular weight is 246 g/mol. The van der Waals surface area contributed by atoms with E-state index in [2.05, 4.69) is 41.9 Å². The van der Waals surface area contributed by atoms with Crippen LogP contribution in [0.25, 0.3) is 10.9 Å². The zero-order valence-corrected chi connectivity index (χ0v) is 11.7. The van der Waals surface area contributed by atoms with Crippen molar-refractivity contribution in [2.24, 2.45) is 0 Å². The molecule has 3 heteroatoms. The summed E-state index contributed by atoms with van der Waals surface area (Å²) in [6.07, 6.45) is 0. The molecule has 2 aromatic rings. The Morgan fingerprint density at radius 1 is 1.28 bits per heavy atom. The molecule has 0 amide bonds. The van der Waals surface area contributed by atoms with Crippen LogP contribution in [0.2, 0.25) is 0 Å². The second kappa shape index (κ2) is 5.55. The fourth-order valence-corrected chi connectivity index (χ4v) is 2.48. The number of hydrogen-bond acceptors (Lipinski definition) is 2. The van der Waals surface area contributed by atoms with E-state index in [0.717, 1.165) is 19.7 Å². The number of hydrogen-bond donors (Lipinski definition) is 1. The Balaban J connectivity index is 2.49. The van der Waals surface area contributed by atoms with Crippen LogP contribution < -0.4 is 5.32 Å². The Labute approximate surface area is 109 Å². The van der Waals surface area contributed by atoms with Gasteiger partial charge in [-0.1, -0.05) is 6.07 Å². The number of fused-ring (bicyclic) bond motifs is 1. The van der Waals surface area contributed by atoms with Crippen LogP contribution in [0.4, 0.5) is 0 Å². The van der Waals surface area contributed by atoms with Gasteiger partial charge in [-0.2, -0.15) is 0 Å². The van der Waals surface area contributed by atoms with Crippen LogP contribution in [-0.4, -0.2) is 25.3 Å². The molecule has 18 heavy (non-hydrogen) atoms. The highest BCUT2D eigenvalue weighted by atomic mass is 16.5. The van der Waals surface area contributed by atoms with E-state index in [-0.39, 0.29) is 0 Å². The first kappa shape index (κ1) is 13.1. The molecule has 0 radical (unpaired) electrons. The van der Waals surface area contributed by atoms with Crippen LogP contribution in [0.1, 0.15) is 16.8 Å². The summed E-state index contributed by atoms with van der Waals surface area (Å²) in [5.41, 5.74) is 5.35. The molecule has 0 atom stereocenters. The molecule has 0 saturated heterocycles. The van der Waals surface area contributed by atoms with Crippen LogP contribution in [0.3, 0.4) is 0 Å². The van der Waals surface area contributed by atoms with Gasteiger partial charge in [-0.05, 0) is 44.2 Å². The number of methoxy groups -OCH3 is 1. The van der Waals surface area contributed by atoms with Gasteiger partial charge in [-0.15, -0.1) is 0 Å². The summed E-state index contributed by atoms with van der Waals surface area (Å²) in [6, 6.07) is 6.70. The van der Waals surface area contributed by atoms with Crippen LogP contribution in [0, 0.1) is 13.8 Å².